The maximum Gasteiger partial charge on any atom is 0.198 e. The van der Waals surface area contributed by atoms with Gasteiger partial charge in [0, 0.05) is 10.7 Å². The van der Waals surface area contributed by atoms with Crippen molar-refractivity contribution < 1.29 is 0 Å². The van der Waals surface area contributed by atoms with Crippen molar-refractivity contribution in [3.8, 4) is 0 Å². The van der Waals surface area contributed by atoms with Gasteiger partial charge < -0.3 is 11.1 Å². The van der Waals surface area contributed by atoms with Crippen molar-refractivity contribution in [2.75, 3.05) is 5.32 Å². The van der Waals surface area contributed by atoms with Crippen molar-refractivity contribution >= 4 is 41.3 Å². The number of guanidine groups is 1. The molecular weight excluding hydrogens is 293 g/mol. The van der Waals surface area contributed by atoms with Crippen molar-refractivity contribution in [1.29, 1.82) is 0 Å². The van der Waals surface area contributed by atoms with E-state index in [0.29, 0.717) is 11.0 Å². The Kier molecular flexibility index (Phi) is 6.36. The number of benzene rings is 2. The van der Waals surface area contributed by atoms with Crippen LogP contribution in [0.5, 0.6) is 0 Å². The van der Waals surface area contributed by atoms with Crippen molar-refractivity contribution in [2.24, 2.45) is 10.7 Å². The van der Waals surface area contributed by atoms with Gasteiger partial charge >= 0.3 is 0 Å². The van der Waals surface area contributed by atoms with Crippen LogP contribution in [-0.2, 0) is 6.42 Å². The van der Waals surface area contributed by atoms with Gasteiger partial charge in [0.1, 0.15) is 0 Å². The zero-order chi connectivity index (χ0) is 13.7. The van der Waals surface area contributed by atoms with Gasteiger partial charge in [-0.2, -0.15) is 0 Å². The Morgan fingerprint density at radius 1 is 1.20 bits per heavy atom. The molecule has 0 fully saturated rings. The van der Waals surface area contributed by atoms with Crippen LogP contribution in [0.1, 0.15) is 12.5 Å². The normalized spacial score (nSPS) is 10.8. The molecule has 106 valence electrons. The third-order valence-electron chi connectivity index (χ3n) is 2.67. The molecule has 0 atom stereocenters. The summed E-state index contributed by atoms with van der Waals surface area (Å²) in [5, 5.41) is 3.71. The minimum atomic E-state index is 0. The highest BCUT2D eigenvalue weighted by atomic mass is 35.5. The predicted octanol–water partition coefficient (Wildman–Crippen LogP) is 4.38. The highest BCUT2D eigenvalue weighted by molar-refractivity contribution is 6.30. The lowest BCUT2D eigenvalue weighted by atomic mass is 10.1. The molecule has 0 aliphatic carbocycles. The smallest absolute Gasteiger partial charge is 0.198 e. The van der Waals surface area contributed by atoms with Gasteiger partial charge in [-0.15, -0.1) is 12.4 Å². The van der Waals surface area contributed by atoms with Crippen LogP contribution in [0.25, 0.3) is 0 Å². The number of halogens is 2. The molecule has 0 saturated heterocycles. The van der Waals surface area contributed by atoms with Gasteiger partial charge in [-0.05, 0) is 42.3 Å². The van der Waals surface area contributed by atoms with Crippen LogP contribution in [0.2, 0.25) is 5.02 Å². The number of nitrogens with two attached hydrogens (primary N) is 1. The highest BCUT2D eigenvalue weighted by Crippen LogP contribution is 2.18. The van der Waals surface area contributed by atoms with Crippen molar-refractivity contribution in [3.63, 3.8) is 0 Å². The van der Waals surface area contributed by atoms with E-state index in [1.807, 2.05) is 24.3 Å². The summed E-state index contributed by atoms with van der Waals surface area (Å²) in [4.78, 5) is 4.27. The fourth-order valence-electron chi connectivity index (χ4n) is 1.73. The van der Waals surface area contributed by atoms with E-state index in [4.69, 9.17) is 17.3 Å². The van der Waals surface area contributed by atoms with Crippen LogP contribution in [0.3, 0.4) is 0 Å². The van der Waals surface area contributed by atoms with Crippen LogP contribution in [0.15, 0.2) is 53.5 Å². The molecule has 0 radical (unpaired) electrons. The number of hydrogen-bond acceptors (Lipinski definition) is 1. The van der Waals surface area contributed by atoms with Crippen molar-refractivity contribution in [2.45, 2.75) is 13.3 Å². The van der Waals surface area contributed by atoms with Gasteiger partial charge in [-0.3, -0.25) is 0 Å². The van der Waals surface area contributed by atoms with E-state index in [9.17, 15) is 0 Å². The van der Waals surface area contributed by atoms with E-state index in [1.165, 1.54) is 5.56 Å². The molecule has 2 rings (SSSR count). The summed E-state index contributed by atoms with van der Waals surface area (Å²) in [5.41, 5.74) is 8.78. The maximum absolute atomic E-state index is 5.90. The first-order chi connectivity index (χ1) is 9.17. The van der Waals surface area contributed by atoms with E-state index in [2.05, 4.69) is 29.4 Å². The summed E-state index contributed by atoms with van der Waals surface area (Å²) in [6, 6.07) is 15.3. The summed E-state index contributed by atoms with van der Waals surface area (Å²) < 4.78 is 0. The molecule has 3 nitrogen and oxygen atoms in total. The average Bonchev–Trinajstić information content (AvgIpc) is 2.38. The monoisotopic (exact) mass is 309 g/mol. The number of rotatable bonds is 3. The lowest BCUT2D eigenvalue weighted by Crippen LogP contribution is -2.21. The first-order valence-electron chi connectivity index (χ1n) is 6.13. The van der Waals surface area contributed by atoms with E-state index < -0.39 is 0 Å². The number of nitrogens with zero attached hydrogens (tertiary/aromatic N) is 1. The quantitative estimate of drug-likeness (QED) is 0.653. The van der Waals surface area contributed by atoms with Gasteiger partial charge in [-0.25, -0.2) is 4.99 Å². The summed E-state index contributed by atoms with van der Waals surface area (Å²) in [7, 11) is 0. The van der Waals surface area contributed by atoms with Crippen LogP contribution in [0, 0.1) is 0 Å². The molecule has 0 unspecified atom stereocenters. The molecule has 2 aromatic carbocycles. The molecule has 2 aromatic rings. The number of anilines is 1. The summed E-state index contributed by atoms with van der Waals surface area (Å²) in [6.45, 7) is 2.11. The molecule has 0 saturated carbocycles. The Morgan fingerprint density at radius 3 is 2.65 bits per heavy atom. The lowest BCUT2D eigenvalue weighted by Gasteiger charge is -2.07. The highest BCUT2D eigenvalue weighted by Gasteiger charge is 1.98. The number of hydrogen-bond donors (Lipinski definition) is 2. The SMILES string of the molecule is CCc1cccc(NC(N)=Nc2cccc(Cl)c2)c1.Cl. The third-order valence-corrected chi connectivity index (χ3v) is 2.90. The van der Waals surface area contributed by atoms with E-state index in [1.54, 1.807) is 12.1 Å². The van der Waals surface area contributed by atoms with Gasteiger partial charge in [0.15, 0.2) is 5.96 Å². The molecule has 0 spiro atoms. The standard InChI is InChI=1S/C15H16ClN3.ClH/c1-2-11-5-3-7-13(9-11)18-15(17)19-14-8-4-6-12(16)10-14;/h3-10H,2H2,1H3,(H3,17,18,19);1H. The molecule has 3 N–H and O–H groups in total. The largest absolute Gasteiger partial charge is 0.369 e. The Bertz CT molecular complexity index is 597. The Hall–Kier alpha value is -1.71. The number of aryl methyl sites for hydroxylation is 1. The first-order valence-corrected chi connectivity index (χ1v) is 6.51. The molecule has 0 aliphatic heterocycles. The fraction of sp³-hybridized carbons (Fsp3) is 0.133. The molecular formula is C15H17Cl2N3. The fourth-order valence-corrected chi connectivity index (χ4v) is 1.91. The molecule has 5 heteroatoms. The molecule has 0 heterocycles. The topological polar surface area (TPSA) is 50.4 Å². The molecule has 0 bridgehead atoms. The van der Waals surface area contributed by atoms with Gasteiger partial charge in [-0.1, -0.05) is 36.7 Å². The lowest BCUT2D eigenvalue weighted by molar-refractivity contribution is 1.14. The molecule has 20 heavy (non-hydrogen) atoms. The Balaban J connectivity index is 0.00000200. The number of nitrogens with one attached hydrogen (secondary N) is 1. The summed E-state index contributed by atoms with van der Waals surface area (Å²) in [5.74, 6) is 0.343. The van der Waals surface area contributed by atoms with Gasteiger partial charge in [0.05, 0.1) is 5.69 Å². The Morgan fingerprint density at radius 2 is 1.95 bits per heavy atom. The van der Waals surface area contributed by atoms with Crippen molar-refractivity contribution in [3.05, 3.63) is 59.1 Å². The zero-order valence-electron chi connectivity index (χ0n) is 11.1. The van der Waals surface area contributed by atoms with Crippen LogP contribution >= 0.6 is 24.0 Å². The second kappa shape index (κ2) is 7.78. The van der Waals surface area contributed by atoms with Gasteiger partial charge in [0.2, 0.25) is 0 Å². The minimum absolute atomic E-state index is 0. The summed E-state index contributed by atoms with van der Waals surface area (Å²) in [6.07, 6.45) is 0.987. The second-order valence-corrected chi connectivity index (χ2v) is 4.59. The zero-order valence-corrected chi connectivity index (χ0v) is 12.7. The van der Waals surface area contributed by atoms with E-state index in [0.717, 1.165) is 17.8 Å². The predicted molar refractivity (Wildman–Crippen MR) is 89.4 cm³/mol. The third kappa shape index (κ3) is 4.76. The van der Waals surface area contributed by atoms with E-state index >= 15 is 0 Å². The van der Waals surface area contributed by atoms with E-state index in [-0.39, 0.29) is 12.4 Å². The van der Waals surface area contributed by atoms with Crippen LogP contribution < -0.4 is 11.1 Å². The minimum Gasteiger partial charge on any atom is -0.369 e. The molecule has 0 aromatic heterocycles. The number of aliphatic imine (C=N–C) groups is 1. The van der Waals surface area contributed by atoms with Crippen LogP contribution in [-0.4, -0.2) is 5.96 Å². The maximum atomic E-state index is 5.90. The van der Waals surface area contributed by atoms with Gasteiger partial charge in [0.25, 0.3) is 0 Å². The van der Waals surface area contributed by atoms with Crippen molar-refractivity contribution in [1.82, 2.24) is 0 Å². The Labute approximate surface area is 130 Å². The molecule has 0 aliphatic rings. The van der Waals surface area contributed by atoms with Crippen LogP contribution in [0.4, 0.5) is 11.4 Å². The second-order valence-electron chi connectivity index (χ2n) is 4.16. The summed E-state index contributed by atoms with van der Waals surface area (Å²) >= 11 is 5.90. The molecule has 0 amide bonds. The first kappa shape index (κ1) is 16.3. The average molecular weight is 310 g/mol.